The zero-order valence-electron chi connectivity index (χ0n) is 8.15. The molecule has 1 fully saturated rings. The molecule has 1 aliphatic heterocycles. The van der Waals surface area contributed by atoms with Crippen molar-refractivity contribution in [2.45, 2.75) is 25.1 Å². The summed E-state index contributed by atoms with van der Waals surface area (Å²) in [6.45, 7) is 0.873. The van der Waals surface area contributed by atoms with Gasteiger partial charge in [-0.2, -0.15) is 0 Å². The van der Waals surface area contributed by atoms with Gasteiger partial charge in [0.2, 0.25) is 10.0 Å². The normalized spacial score (nSPS) is 33.3. The highest BCUT2D eigenvalue weighted by atomic mass is 32.2. The van der Waals surface area contributed by atoms with Crippen molar-refractivity contribution < 1.29 is 26.7 Å². The standard InChI is InChI=1S/C7H13F2NO4S/c1-7(6(8)9)4-13-2-5(14-7)3-15(10,11)12/h5-6H,2-4H2,1H3,(H2,10,11,12). The second-order valence-electron chi connectivity index (χ2n) is 3.70. The Morgan fingerprint density at radius 2 is 2.20 bits per heavy atom. The first-order valence-corrected chi connectivity index (χ1v) is 5.99. The minimum Gasteiger partial charge on any atom is -0.376 e. The average molecular weight is 245 g/mol. The second kappa shape index (κ2) is 4.28. The van der Waals surface area contributed by atoms with Crippen LogP contribution in [0.15, 0.2) is 0 Å². The van der Waals surface area contributed by atoms with E-state index in [-0.39, 0.29) is 13.2 Å². The SMILES string of the molecule is CC1(C(F)F)COCC(CS(N)(=O)=O)O1. The number of halogens is 2. The first-order chi connectivity index (χ1) is 6.73. The van der Waals surface area contributed by atoms with E-state index in [0.717, 1.165) is 0 Å². The van der Waals surface area contributed by atoms with Gasteiger partial charge in [0, 0.05) is 0 Å². The highest BCUT2D eigenvalue weighted by Gasteiger charge is 2.42. The molecule has 90 valence electrons. The van der Waals surface area contributed by atoms with E-state index < -0.39 is 33.9 Å². The number of alkyl halides is 2. The molecule has 2 unspecified atom stereocenters. The second-order valence-corrected chi connectivity index (χ2v) is 5.36. The third-order valence-corrected chi connectivity index (χ3v) is 2.84. The van der Waals surface area contributed by atoms with Crippen molar-refractivity contribution in [2.24, 2.45) is 5.14 Å². The van der Waals surface area contributed by atoms with E-state index in [1.165, 1.54) is 6.92 Å². The molecule has 0 aromatic rings. The minimum atomic E-state index is -3.75. The van der Waals surface area contributed by atoms with Gasteiger partial charge < -0.3 is 9.47 Å². The summed E-state index contributed by atoms with van der Waals surface area (Å²) in [5.74, 6) is -0.519. The van der Waals surface area contributed by atoms with Crippen LogP contribution in [0.3, 0.4) is 0 Å². The Bertz CT molecular complexity index is 321. The van der Waals surface area contributed by atoms with E-state index in [1.54, 1.807) is 0 Å². The van der Waals surface area contributed by atoms with Crippen LogP contribution >= 0.6 is 0 Å². The summed E-state index contributed by atoms with van der Waals surface area (Å²) in [5.41, 5.74) is -1.76. The van der Waals surface area contributed by atoms with Crippen molar-refractivity contribution >= 4 is 10.0 Å². The number of sulfonamides is 1. The molecule has 0 amide bonds. The van der Waals surface area contributed by atoms with Gasteiger partial charge in [-0.15, -0.1) is 0 Å². The lowest BCUT2D eigenvalue weighted by atomic mass is 10.1. The van der Waals surface area contributed by atoms with Crippen LogP contribution in [-0.4, -0.2) is 45.5 Å². The summed E-state index contributed by atoms with van der Waals surface area (Å²) in [5, 5.41) is 4.78. The highest BCUT2D eigenvalue weighted by Crippen LogP contribution is 2.26. The van der Waals surface area contributed by atoms with Gasteiger partial charge in [0.25, 0.3) is 6.43 Å². The molecule has 5 nitrogen and oxygen atoms in total. The van der Waals surface area contributed by atoms with Gasteiger partial charge in [-0.05, 0) is 6.92 Å². The fraction of sp³-hybridized carbons (Fsp3) is 1.00. The van der Waals surface area contributed by atoms with Crippen LogP contribution in [-0.2, 0) is 19.5 Å². The number of rotatable bonds is 3. The molecule has 1 aliphatic rings. The molecule has 1 rings (SSSR count). The topological polar surface area (TPSA) is 78.6 Å². The maximum absolute atomic E-state index is 12.5. The fourth-order valence-electron chi connectivity index (χ4n) is 1.30. The van der Waals surface area contributed by atoms with E-state index in [9.17, 15) is 17.2 Å². The Morgan fingerprint density at radius 1 is 1.60 bits per heavy atom. The average Bonchev–Trinajstić information content (AvgIpc) is 2.00. The van der Waals surface area contributed by atoms with Crippen molar-refractivity contribution in [2.75, 3.05) is 19.0 Å². The van der Waals surface area contributed by atoms with Gasteiger partial charge in [0.1, 0.15) is 5.60 Å². The molecule has 0 aromatic heterocycles. The molecule has 1 saturated heterocycles. The Balaban J connectivity index is 2.64. The third kappa shape index (κ3) is 3.63. The summed E-state index contributed by atoms with van der Waals surface area (Å²) in [6.07, 6.45) is -3.67. The Kier molecular flexibility index (Phi) is 3.64. The van der Waals surface area contributed by atoms with Crippen LogP contribution in [0.5, 0.6) is 0 Å². The minimum absolute atomic E-state index is 0.0429. The largest absolute Gasteiger partial charge is 0.376 e. The molecule has 1 heterocycles. The summed E-state index contributed by atoms with van der Waals surface area (Å²) in [4.78, 5) is 0. The van der Waals surface area contributed by atoms with Crippen LogP contribution in [0, 0.1) is 0 Å². The van der Waals surface area contributed by atoms with Gasteiger partial charge in [0.15, 0.2) is 0 Å². The lowest BCUT2D eigenvalue weighted by Gasteiger charge is -2.37. The number of hydrogen-bond acceptors (Lipinski definition) is 4. The number of hydrogen-bond donors (Lipinski definition) is 1. The first-order valence-electron chi connectivity index (χ1n) is 4.27. The summed E-state index contributed by atoms with van der Waals surface area (Å²) in [7, 11) is -3.75. The zero-order valence-corrected chi connectivity index (χ0v) is 8.97. The van der Waals surface area contributed by atoms with E-state index in [0.29, 0.717) is 0 Å². The third-order valence-electron chi connectivity index (χ3n) is 2.01. The first kappa shape index (κ1) is 12.8. The van der Waals surface area contributed by atoms with Crippen molar-refractivity contribution in [1.29, 1.82) is 0 Å². The summed E-state index contributed by atoms with van der Waals surface area (Å²) < 4.78 is 56.4. The molecule has 0 aliphatic carbocycles. The van der Waals surface area contributed by atoms with Crippen molar-refractivity contribution in [3.63, 3.8) is 0 Å². The van der Waals surface area contributed by atoms with Crippen LogP contribution in [0.2, 0.25) is 0 Å². The predicted molar refractivity (Wildman–Crippen MR) is 48.1 cm³/mol. The molecule has 0 saturated carbocycles. The molecule has 8 heteroatoms. The maximum atomic E-state index is 12.5. The number of ether oxygens (including phenoxy) is 2. The van der Waals surface area contributed by atoms with E-state index in [1.807, 2.05) is 0 Å². The van der Waals surface area contributed by atoms with Crippen LogP contribution in [0.1, 0.15) is 6.92 Å². The maximum Gasteiger partial charge on any atom is 0.269 e. The van der Waals surface area contributed by atoms with Gasteiger partial charge in [0.05, 0.1) is 25.1 Å². The van der Waals surface area contributed by atoms with Gasteiger partial charge in [-0.25, -0.2) is 22.3 Å². The molecular formula is C7H13F2NO4S. The number of primary sulfonamides is 1. The fourth-order valence-corrected chi connectivity index (χ4v) is 1.98. The Labute approximate surface area is 86.6 Å². The van der Waals surface area contributed by atoms with Crippen LogP contribution < -0.4 is 5.14 Å². The van der Waals surface area contributed by atoms with Gasteiger partial charge in [-0.1, -0.05) is 0 Å². The van der Waals surface area contributed by atoms with Crippen molar-refractivity contribution in [3.05, 3.63) is 0 Å². The molecule has 0 radical (unpaired) electrons. The van der Waals surface area contributed by atoms with Crippen LogP contribution in [0.4, 0.5) is 8.78 Å². The highest BCUT2D eigenvalue weighted by molar-refractivity contribution is 7.89. The van der Waals surface area contributed by atoms with E-state index in [4.69, 9.17) is 14.6 Å². The lowest BCUT2D eigenvalue weighted by Crippen LogP contribution is -2.52. The van der Waals surface area contributed by atoms with Gasteiger partial charge >= 0.3 is 0 Å². The molecule has 2 atom stereocenters. The lowest BCUT2D eigenvalue weighted by molar-refractivity contribution is -0.231. The van der Waals surface area contributed by atoms with Crippen LogP contribution in [0.25, 0.3) is 0 Å². The monoisotopic (exact) mass is 245 g/mol. The van der Waals surface area contributed by atoms with E-state index in [2.05, 4.69) is 0 Å². The smallest absolute Gasteiger partial charge is 0.269 e. The Morgan fingerprint density at radius 3 is 2.67 bits per heavy atom. The summed E-state index contributed by atoms with van der Waals surface area (Å²) in [6, 6.07) is 0. The number of nitrogens with two attached hydrogens (primary N) is 1. The zero-order chi connectivity index (χ0) is 11.7. The molecule has 15 heavy (non-hydrogen) atoms. The summed E-state index contributed by atoms with van der Waals surface area (Å²) >= 11 is 0. The molecule has 0 aromatic carbocycles. The van der Waals surface area contributed by atoms with Crippen molar-refractivity contribution in [1.82, 2.24) is 0 Å². The predicted octanol–water partition coefficient (Wildman–Crippen LogP) is -0.286. The molecule has 0 bridgehead atoms. The van der Waals surface area contributed by atoms with Gasteiger partial charge in [-0.3, -0.25) is 0 Å². The quantitative estimate of drug-likeness (QED) is 0.741. The molecular weight excluding hydrogens is 232 g/mol. The van der Waals surface area contributed by atoms with E-state index >= 15 is 0 Å². The van der Waals surface area contributed by atoms with Crippen molar-refractivity contribution in [3.8, 4) is 0 Å². The molecule has 0 spiro atoms. The molecule has 2 N–H and O–H groups in total. The Hall–Kier alpha value is -0.310.